The second-order valence-corrected chi connectivity index (χ2v) is 10.3. The largest absolute Gasteiger partial charge is 0.493 e. The number of benzene rings is 2. The molecule has 1 aliphatic rings. The quantitative estimate of drug-likeness (QED) is 0.379. The van der Waals surface area contributed by atoms with E-state index >= 15 is 0 Å². The van der Waals surface area contributed by atoms with Gasteiger partial charge in [-0.2, -0.15) is 0 Å². The minimum atomic E-state index is -0.724. The maximum atomic E-state index is 13.6. The molecule has 8 heteroatoms. The fourth-order valence-electron chi connectivity index (χ4n) is 4.21. The lowest BCUT2D eigenvalue weighted by Crippen LogP contribution is -2.39. The van der Waals surface area contributed by atoms with Crippen LogP contribution in [0.2, 0.25) is 0 Å². The molecule has 0 saturated carbocycles. The van der Waals surface area contributed by atoms with Gasteiger partial charge in [-0.15, -0.1) is 0 Å². The van der Waals surface area contributed by atoms with Crippen molar-refractivity contribution in [1.82, 2.24) is 4.57 Å². The molecular weight excluding hydrogens is 500 g/mol. The van der Waals surface area contributed by atoms with Gasteiger partial charge in [0, 0.05) is 0 Å². The van der Waals surface area contributed by atoms with Crippen LogP contribution in [-0.4, -0.2) is 31.4 Å². The molecule has 3 aromatic rings. The molecule has 0 fully saturated rings. The van der Waals surface area contributed by atoms with Crippen molar-refractivity contribution in [3.05, 3.63) is 96.7 Å². The highest BCUT2D eigenvalue weighted by Gasteiger charge is 2.33. The van der Waals surface area contributed by atoms with Crippen molar-refractivity contribution in [2.45, 2.75) is 33.2 Å². The van der Waals surface area contributed by atoms with E-state index in [1.165, 1.54) is 18.4 Å². The highest BCUT2D eigenvalue weighted by molar-refractivity contribution is 7.07. The smallest absolute Gasteiger partial charge is 0.338 e. The molecule has 1 aliphatic heterocycles. The first kappa shape index (κ1) is 27.1. The average Bonchev–Trinajstić information content (AvgIpc) is 3.22. The third kappa shape index (κ3) is 5.81. The Hall–Kier alpha value is -3.91. The van der Waals surface area contributed by atoms with E-state index in [-0.39, 0.29) is 5.56 Å². The molecule has 1 aromatic heterocycles. The zero-order chi connectivity index (χ0) is 27.2. The van der Waals surface area contributed by atoms with E-state index in [4.69, 9.17) is 14.2 Å². The minimum absolute atomic E-state index is 0.235. The molecular formula is C30H32N2O5S. The summed E-state index contributed by atoms with van der Waals surface area (Å²) in [7, 11) is 2.90. The van der Waals surface area contributed by atoms with Gasteiger partial charge in [-0.25, -0.2) is 9.79 Å². The van der Waals surface area contributed by atoms with E-state index in [2.05, 4.69) is 18.8 Å². The molecule has 7 nitrogen and oxygen atoms in total. The van der Waals surface area contributed by atoms with Crippen LogP contribution in [0.15, 0.2) is 75.7 Å². The number of carbonyl (C=O) groups is 1. The molecule has 0 aliphatic carbocycles. The summed E-state index contributed by atoms with van der Waals surface area (Å²) in [5, 5.41) is 0. The Morgan fingerprint density at radius 2 is 1.89 bits per heavy atom. The zero-order valence-electron chi connectivity index (χ0n) is 22.3. The van der Waals surface area contributed by atoms with E-state index < -0.39 is 12.0 Å². The first-order chi connectivity index (χ1) is 18.3. The van der Waals surface area contributed by atoms with Crippen molar-refractivity contribution in [2.75, 3.05) is 20.8 Å². The van der Waals surface area contributed by atoms with Gasteiger partial charge in [-0.1, -0.05) is 73.7 Å². The molecule has 198 valence electrons. The number of nitrogens with zero attached hydrogens (tertiary/aromatic N) is 2. The summed E-state index contributed by atoms with van der Waals surface area (Å²) in [5.74, 6) is 1.11. The minimum Gasteiger partial charge on any atom is -0.493 e. The topological polar surface area (TPSA) is 79.1 Å². The maximum Gasteiger partial charge on any atom is 0.338 e. The third-order valence-corrected chi connectivity index (χ3v) is 7.22. The Morgan fingerprint density at radius 3 is 2.58 bits per heavy atom. The van der Waals surface area contributed by atoms with Crippen molar-refractivity contribution in [2.24, 2.45) is 10.9 Å². The van der Waals surface area contributed by atoms with Crippen LogP contribution in [0.3, 0.4) is 0 Å². The Bertz CT molecular complexity index is 1550. The second-order valence-electron chi connectivity index (χ2n) is 9.31. The maximum absolute atomic E-state index is 13.6. The number of esters is 1. The monoisotopic (exact) mass is 532 g/mol. The predicted molar refractivity (Wildman–Crippen MR) is 150 cm³/mol. The SMILES string of the molecule is COC(=O)C1=C(C)N=c2s/c(=C\C=C\c3ccccc3)c(=O)n2C1c1ccc(OCCC(C)C)c(OC)c1. The van der Waals surface area contributed by atoms with E-state index in [1.807, 2.05) is 60.7 Å². The molecule has 0 saturated heterocycles. The highest BCUT2D eigenvalue weighted by atomic mass is 32.1. The first-order valence-electron chi connectivity index (χ1n) is 12.5. The van der Waals surface area contributed by atoms with Gasteiger partial charge in [0.2, 0.25) is 0 Å². The van der Waals surface area contributed by atoms with Crippen LogP contribution in [0.5, 0.6) is 11.5 Å². The number of carbonyl (C=O) groups excluding carboxylic acids is 1. The summed E-state index contributed by atoms with van der Waals surface area (Å²) >= 11 is 1.28. The summed E-state index contributed by atoms with van der Waals surface area (Å²) in [6.45, 7) is 6.60. The Labute approximate surface area is 226 Å². The van der Waals surface area contributed by atoms with Crippen LogP contribution >= 0.6 is 11.3 Å². The summed E-state index contributed by atoms with van der Waals surface area (Å²) in [6.07, 6.45) is 6.47. The van der Waals surface area contributed by atoms with Gasteiger partial charge >= 0.3 is 5.97 Å². The molecule has 1 atom stereocenters. The molecule has 0 spiro atoms. The standard InChI is InChI=1S/C30H32N2O5S/c1-19(2)16-17-37-23-15-14-22(18-24(23)35-4)27-26(29(34)36-5)20(3)31-30-32(27)28(33)25(38-30)13-9-12-21-10-7-6-8-11-21/h6-15,18-19,27H,16-17H2,1-5H3/b12-9+,25-13-. The zero-order valence-corrected chi connectivity index (χ0v) is 23.1. The molecule has 38 heavy (non-hydrogen) atoms. The van der Waals surface area contributed by atoms with Crippen LogP contribution in [0.1, 0.15) is 44.4 Å². The fourth-order valence-corrected chi connectivity index (χ4v) is 5.21. The molecule has 2 aromatic carbocycles. The van der Waals surface area contributed by atoms with Crippen LogP contribution in [0, 0.1) is 5.92 Å². The van der Waals surface area contributed by atoms with Crippen molar-refractivity contribution >= 4 is 29.5 Å². The Morgan fingerprint density at radius 1 is 1.13 bits per heavy atom. The van der Waals surface area contributed by atoms with Gasteiger partial charge in [-0.3, -0.25) is 9.36 Å². The normalized spacial score (nSPS) is 15.5. The van der Waals surface area contributed by atoms with Crippen LogP contribution < -0.4 is 24.4 Å². The first-order valence-corrected chi connectivity index (χ1v) is 13.3. The lowest BCUT2D eigenvalue weighted by molar-refractivity contribution is -0.136. The summed E-state index contributed by atoms with van der Waals surface area (Å²) < 4.78 is 18.7. The molecule has 1 unspecified atom stereocenters. The number of hydrogen-bond acceptors (Lipinski definition) is 7. The van der Waals surface area contributed by atoms with Gasteiger partial charge in [0.1, 0.15) is 0 Å². The van der Waals surface area contributed by atoms with Gasteiger partial charge in [0.05, 0.1) is 42.7 Å². The summed E-state index contributed by atoms with van der Waals surface area (Å²) in [5.41, 5.74) is 2.30. The van der Waals surface area contributed by atoms with Crippen LogP contribution in [-0.2, 0) is 9.53 Å². The van der Waals surface area contributed by atoms with Crippen molar-refractivity contribution in [1.29, 1.82) is 0 Å². The number of rotatable bonds is 9. The molecule has 0 bridgehead atoms. The Kier molecular flexibility index (Phi) is 8.63. The van der Waals surface area contributed by atoms with E-state index in [9.17, 15) is 9.59 Å². The third-order valence-electron chi connectivity index (χ3n) is 6.22. The second kappa shape index (κ2) is 12.1. The average molecular weight is 533 g/mol. The van der Waals surface area contributed by atoms with Crippen LogP contribution in [0.25, 0.3) is 12.2 Å². The van der Waals surface area contributed by atoms with Crippen molar-refractivity contribution in [3.8, 4) is 11.5 Å². The van der Waals surface area contributed by atoms with E-state index in [0.29, 0.717) is 50.2 Å². The number of methoxy groups -OCH3 is 2. The molecule has 0 amide bonds. The number of allylic oxidation sites excluding steroid dienone is 2. The molecule has 4 rings (SSSR count). The number of aromatic nitrogens is 1. The van der Waals surface area contributed by atoms with Gasteiger partial charge in [0.15, 0.2) is 16.3 Å². The number of thiazole rings is 1. The van der Waals surface area contributed by atoms with Crippen molar-refractivity contribution < 1.29 is 19.0 Å². The Balaban J connectivity index is 1.80. The van der Waals surface area contributed by atoms with Crippen molar-refractivity contribution in [3.63, 3.8) is 0 Å². The fraction of sp³-hybridized carbons (Fsp3) is 0.300. The number of ether oxygens (including phenoxy) is 3. The highest BCUT2D eigenvalue weighted by Crippen LogP contribution is 2.36. The molecule has 2 heterocycles. The summed E-state index contributed by atoms with van der Waals surface area (Å²) in [6, 6.07) is 14.6. The van der Waals surface area contributed by atoms with Gasteiger partial charge in [-0.05, 0) is 48.6 Å². The number of fused-ring (bicyclic) bond motifs is 1. The van der Waals surface area contributed by atoms with Gasteiger partial charge < -0.3 is 14.2 Å². The lowest BCUT2D eigenvalue weighted by atomic mass is 9.95. The molecule has 0 N–H and O–H groups in total. The van der Waals surface area contributed by atoms with Crippen LogP contribution in [0.4, 0.5) is 0 Å². The summed E-state index contributed by atoms with van der Waals surface area (Å²) in [4.78, 5) is 31.7. The van der Waals surface area contributed by atoms with Gasteiger partial charge in [0.25, 0.3) is 5.56 Å². The van der Waals surface area contributed by atoms with E-state index in [1.54, 1.807) is 24.7 Å². The lowest BCUT2D eigenvalue weighted by Gasteiger charge is -2.25. The predicted octanol–water partition coefficient (Wildman–Crippen LogP) is 4.51. The number of hydrogen-bond donors (Lipinski definition) is 0. The molecule has 0 radical (unpaired) electrons. The van der Waals surface area contributed by atoms with E-state index in [0.717, 1.165) is 12.0 Å².